The van der Waals surface area contributed by atoms with Crippen molar-refractivity contribution in [2.24, 2.45) is 0 Å². The number of nitrogens with one attached hydrogen (secondary N) is 1. The van der Waals surface area contributed by atoms with Crippen LogP contribution >= 0.6 is 0 Å². The Hall–Kier alpha value is -2.44. The maximum absolute atomic E-state index is 12.3. The van der Waals surface area contributed by atoms with Gasteiger partial charge in [-0.05, 0) is 18.2 Å². The van der Waals surface area contributed by atoms with E-state index in [2.05, 4.69) is 15.0 Å². The molecule has 1 aromatic heterocycles. The van der Waals surface area contributed by atoms with Crippen molar-refractivity contribution in [3.8, 4) is 17.2 Å². The molecule has 4 nitrogen and oxygen atoms in total. The number of aromatic nitrogens is 1. The minimum Gasteiger partial charge on any atom is -0.453 e. The van der Waals surface area contributed by atoms with Crippen LogP contribution < -0.4 is 14.8 Å². The Bertz CT molecular complexity index is 588. The van der Waals surface area contributed by atoms with Crippen LogP contribution in [-0.4, -0.2) is 18.4 Å². The quantitative estimate of drug-likeness (QED) is 0.927. The molecule has 0 bridgehead atoms. The second-order valence-corrected chi connectivity index (χ2v) is 3.72. The van der Waals surface area contributed by atoms with Crippen LogP contribution in [0.4, 0.5) is 19.0 Å². The van der Waals surface area contributed by atoms with Crippen LogP contribution in [0.2, 0.25) is 0 Å². The van der Waals surface area contributed by atoms with Crippen LogP contribution in [0.5, 0.6) is 17.2 Å². The van der Waals surface area contributed by atoms with Crippen LogP contribution in [0.3, 0.4) is 0 Å². The average molecular weight is 284 g/mol. The minimum atomic E-state index is -4.77. The van der Waals surface area contributed by atoms with Crippen LogP contribution in [0.25, 0.3) is 0 Å². The molecule has 0 fully saturated rings. The molecule has 0 aliphatic heterocycles. The van der Waals surface area contributed by atoms with Crippen molar-refractivity contribution in [2.75, 3.05) is 12.4 Å². The summed E-state index contributed by atoms with van der Waals surface area (Å²) in [4.78, 5) is 3.98. The summed E-state index contributed by atoms with van der Waals surface area (Å²) >= 11 is 0. The summed E-state index contributed by atoms with van der Waals surface area (Å²) in [5, 5.41) is 2.80. The molecule has 1 N–H and O–H groups in total. The van der Waals surface area contributed by atoms with Gasteiger partial charge in [0.05, 0.1) is 0 Å². The SMILES string of the molecule is CNc1cc(Oc2ccccc2OC(F)(F)F)ccn1. The van der Waals surface area contributed by atoms with E-state index in [1.54, 1.807) is 19.2 Å². The Balaban J connectivity index is 2.24. The van der Waals surface area contributed by atoms with Gasteiger partial charge in [-0.3, -0.25) is 0 Å². The van der Waals surface area contributed by atoms with Gasteiger partial charge in [0.1, 0.15) is 11.6 Å². The lowest BCUT2D eigenvalue weighted by atomic mass is 10.3. The highest BCUT2D eigenvalue weighted by molar-refractivity contribution is 5.46. The molecule has 20 heavy (non-hydrogen) atoms. The second-order valence-electron chi connectivity index (χ2n) is 3.72. The molecule has 1 aromatic carbocycles. The number of pyridine rings is 1. The zero-order valence-corrected chi connectivity index (χ0v) is 10.4. The Morgan fingerprint density at radius 1 is 1.10 bits per heavy atom. The van der Waals surface area contributed by atoms with Crippen molar-refractivity contribution in [3.05, 3.63) is 42.6 Å². The van der Waals surface area contributed by atoms with Crippen molar-refractivity contribution < 1.29 is 22.6 Å². The number of nitrogens with zero attached hydrogens (tertiary/aromatic N) is 1. The average Bonchev–Trinajstić information content (AvgIpc) is 2.40. The van der Waals surface area contributed by atoms with E-state index >= 15 is 0 Å². The van der Waals surface area contributed by atoms with Gasteiger partial charge in [0.2, 0.25) is 0 Å². The predicted molar refractivity (Wildman–Crippen MR) is 67.0 cm³/mol. The van der Waals surface area contributed by atoms with Gasteiger partial charge in [0.25, 0.3) is 0 Å². The van der Waals surface area contributed by atoms with Crippen molar-refractivity contribution in [3.63, 3.8) is 0 Å². The number of halogens is 3. The third-order valence-corrected chi connectivity index (χ3v) is 2.29. The molecular formula is C13H11F3N2O2. The number of para-hydroxylation sites is 2. The predicted octanol–water partition coefficient (Wildman–Crippen LogP) is 3.81. The van der Waals surface area contributed by atoms with Gasteiger partial charge in [0.15, 0.2) is 11.5 Å². The Kier molecular flexibility index (Phi) is 3.97. The molecular weight excluding hydrogens is 273 g/mol. The highest BCUT2D eigenvalue weighted by atomic mass is 19.4. The van der Waals surface area contributed by atoms with Gasteiger partial charge in [-0.25, -0.2) is 4.98 Å². The molecule has 0 saturated carbocycles. The molecule has 0 spiro atoms. The zero-order chi connectivity index (χ0) is 14.6. The summed E-state index contributed by atoms with van der Waals surface area (Å²) in [5.41, 5.74) is 0. The largest absolute Gasteiger partial charge is 0.573 e. The number of ether oxygens (including phenoxy) is 2. The molecule has 0 aliphatic rings. The van der Waals surface area contributed by atoms with Crippen molar-refractivity contribution in [1.29, 1.82) is 0 Å². The first-order valence-electron chi connectivity index (χ1n) is 5.64. The standard InChI is InChI=1S/C13H11F3N2O2/c1-17-12-8-9(6-7-18-12)19-10-4-2-3-5-11(10)20-13(14,15)16/h2-8H,1H3,(H,17,18). The van der Waals surface area contributed by atoms with Crippen LogP contribution in [-0.2, 0) is 0 Å². The molecule has 0 atom stereocenters. The molecule has 0 radical (unpaired) electrons. The summed E-state index contributed by atoms with van der Waals surface area (Å²) in [7, 11) is 1.67. The van der Waals surface area contributed by atoms with E-state index in [-0.39, 0.29) is 5.75 Å². The zero-order valence-electron chi connectivity index (χ0n) is 10.4. The van der Waals surface area contributed by atoms with Gasteiger partial charge in [-0.1, -0.05) is 12.1 Å². The Morgan fingerprint density at radius 3 is 2.45 bits per heavy atom. The van der Waals surface area contributed by atoms with Crippen molar-refractivity contribution in [1.82, 2.24) is 4.98 Å². The molecule has 0 unspecified atom stereocenters. The van der Waals surface area contributed by atoms with E-state index in [4.69, 9.17) is 4.74 Å². The highest BCUT2D eigenvalue weighted by Gasteiger charge is 2.32. The van der Waals surface area contributed by atoms with Gasteiger partial charge in [-0.15, -0.1) is 13.2 Å². The van der Waals surface area contributed by atoms with E-state index in [1.165, 1.54) is 30.5 Å². The number of hydrogen-bond donors (Lipinski definition) is 1. The maximum Gasteiger partial charge on any atom is 0.573 e. The van der Waals surface area contributed by atoms with E-state index in [9.17, 15) is 13.2 Å². The van der Waals surface area contributed by atoms with E-state index in [0.29, 0.717) is 11.6 Å². The van der Waals surface area contributed by atoms with Crippen LogP contribution in [0, 0.1) is 0 Å². The third-order valence-electron chi connectivity index (χ3n) is 2.29. The van der Waals surface area contributed by atoms with Gasteiger partial charge in [0, 0.05) is 19.3 Å². The van der Waals surface area contributed by atoms with E-state index in [0.717, 1.165) is 0 Å². The summed E-state index contributed by atoms with van der Waals surface area (Å²) in [5.74, 6) is 0.459. The monoisotopic (exact) mass is 284 g/mol. The lowest BCUT2D eigenvalue weighted by Crippen LogP contribution is -2.17. The normalized spacial score (nSPS) is 11.0. The lowest BCUT2D eigenvalue weighted by Gasteiger charge is -2.13. The topological polar surface area (TPSA) is 43.4 Å². The number of alkyl halides is 3. The summed E-state index contributed by atoms with van der Waals surface area (Å²) < 4.78 is 46.1. The minimum absolute atomic E-state index is 0.0296. The smallest absolute Gasteiger partial charge is 0.453 e. The van der Waals surface area contributed by atoms with Gasteiger partial charge in [-0.2, -0.15) is 0 Å². The molecule has 2 aromatic rings. The lowest BCUT2D eigenvalue weighted by molar-refractivity contribution is -0.275. The summed E-state index contributed by atoms with van der Waals surface area (Å²) in [6.07, 6.45) is -3.29. The number of rotatable bonds is 4. The number of benzene rings is 1. The molecule has 2 rings (SSSR count). The van der Waals surface area contributed by atoms with Gasteiger partial charge >= 0.3 is 6.36 Å². The highest BCUT2D eigenvalue weighted by Crippen LogP contribution is 2.35. The molecule has 106 valence electrons. The molecule has 1 heterocycles. The first-order valence-corrected chi connectivity index (χ1v) is 5.64. The van der Waals surface area contributed by atoms with Crippen LogP contribution in [0.15, 0.2) is 42.6 Å². The summed E-state index contributed by atoms with van der Waals surface area (Å²) in [6.45, 7) is 0. The summed E-state index contributed by atoms with van der Waals surface area (Å²) in [6, 6.07) is 8.65. The fourth-order valence-electron chi connectivity index (χ4n) is 1.48. The first-order chi connectivity index (χ1) is 9.48. The third kappa shape index (κ3) is 3.78. The molecule has 0 aliphatic carbocycles. The molecule has 7 heteroatoms. The molecule has 0 amide bonds. The maximum atomic E-state index is 12.3. The molecule has 0 saturated heterocycles. The van der Waals surface area contributed by atoms with E-state index < -0.39 is 12.1 Å². The van der Waals surface area contributed by atoms with Crippen molar-refractivity contribution in [2.45, 2.75) is 6.36 Å². The Labute approximate surface area is 113 Å². The fourth-order valence-corrected chi connectivity index (χ4v) is 1.48. The van der Waals surface area contributed by atoms with Crippen LogP contribution in [0.1, 0.15) is 0 Å². The van der Waals surface area contributed by atoms with E-state index in [1.807, 2.05) is 0 Å². The first kappa shape index (κ1) is 14.0. The second kappa shape index (κ2) is 5.68. The number of anilines is 1. The number of hydrogen-bond acceptors (Lipinski definition) is 4. The fraction of sp³-hybridized carbons (Fsp3) is 0.154. The van der Waals surface area contributed by atoms with Gasteiger partial charge < -0.3 is 14.8 Å². The van der Waals surface area contributed by atoms with Crippen molar-refractivity contribution >= 4 is 5.82 Å². The Morgan fingerprint density at radius 2 is 1.80 bits per heavy atom.